The molecule has 0 heterocycles. The Balaban J connectivity index is 2.05. The topological polar surface area (TPSA) is 46.3 Å². The molecule has 1 amide bonds. The highest BCUT2D eigenvalue weighted by Gasteiger charge is 2.28. The van der Waals surface area contributed by atoms with Gasteiger partial charge in [0.05, 0.1) is 6.42 Å². The summed E-state index contributed by atoms with van der Waals surface area (Å²) in [5.74, 6) is -2.09. The summed E-state index contributed by atoms with van der Waals surface area (Å²) in [5.41, 5.74) is 6.13. The lowest BCUT2D eigenvalue weighted by atomic mass is 9.90. The molecule has 1 aliphatic carbocycles. The lowest BCUT2D eigenvalue weighted by Gasteiger charge is -2.36. The third-order valence-electron chi connectivity index (χ3n) is 4.05. The molecule has 0 bridgehead atoms. The number of nitrogens with zero attached hydrogens (tertiary/aromatic N) is 1. The number of carbonyl (C=O) groups is 1. The number of nitrogens with two attached hydrogens (primary N) is 1. The summed E-state index contributed by atoms with van der Waals surface area (Å²) in [5, 5.41) is 0. The number of likely N-dealkylation sites (N-methyl/N-ethyl adjacent to an activating group) is 1. The summed E-state index contributed by atoms with van der Waals surface area (Å²) in [6.07, 6.45) is 3.76. The highest BCUT2D eigenvalue weighted by molar-refractivity contribution is 5.79. The molecule has 1 fully saturated rings. The fourth-order valence-corrected chi connectivity index (χ4v) is 2.78. The molecule has 0 aromatic heterocycles. The van der Waals surface area contributed by atoms with Crippen molar-refractivity contribution in [2.75, 3.05) is 7.05 Å². The van der Waals surface area contributed by atoms with E-state index in [1.165, 1.54) is 12.1 Å². The fraction of sp³-hybridized carbons (Fsp3) is 0.533. The predicted molar refractivity (Wildman–Crippen MR) is 73.1 cm³/mol. The summed E-state index contributed by atoms with van der Waals surface area (Å²) in [7, 11) is 1.69. The Hall–Kier alpha value is -1.49. The van der Waals surface area contributed by atoms with Gasteiger partial charge in [-0.05, 0) is 18.9 Å². The lowest BCUT2D eigenvalue weighted by molar-refractivity contribution is -0.132. The number of carbonyl (C=O) groups excluding carboxylic acids is 1. The Morgan fingerprint density at radius 3 is 2.75 bits per heavy atom. The first-order valence-electron chi connectivity index (χ1n) is 6.95. The molecule has 1 aromatic rings. The maximum Gasteiger partial charge on any atom is 0.227 e. The van der Waals surface area contributed by atoms with Gasteiger partial charge in [-0.15, -0.1) is 0 Å². The Bertz CT molecular complexity index is 493. The van der Waals surface area contributed by atoms with Crippen LogP contribution in [0.15, 0.2) is 18.2 Å². The first-order chi connectivity index (χ1) is 9.50. The van der Waals surface area contributed by atoms with E-state index in [2.05, 4.69) is 0 Å². The second kappa shape index (κ2) is 6.31. The number of hydrogen-bond donors (Lipinski definition) is 1. The molecule has 5 heteroatoms. The van der Waals surface area contributed by atoms with Crippen molar-refractivity contribution in [1.82, 2.24) is 4.90 Å². The molecule has 0 aliphatic heterocycles. The van der Waals surface area contributed by atoms with Gasteiger partial charge < -0.3 is 10.6 Å². The van der Waals surface area contributed by atoms with Gasteiger partial charge in [0, 0.05) is 24.7 Å². The first kappa shape index (κ1) is 14.9. The van der Waals surface area contributed by atoms with Gasteiger partial charge in [0.2, 0.25) is 5.91 Å². The molecular formula is C15H20F2N2O. The van der Waals surface area contributed by atoms with E-state index in [1.54, 1.807) is 11.9 Å². The SMILES string of the molecule is CN(C(=O)Cc1cccc(F)c1F)C1CCCCC1N. The van der Waals surface area contributed by atoms with Crippen LogP contribution < -0.4 is 5.73 Å². The summed E-state index contributed by atoms with van der Waals surface area (Å²) in [6.45, 7) is 0. The molecule has 2 atom stereocenters. The molecule has 1 saturated carbocycles. The Labute approximate surface area is 117 Å². The van der Waals surface area contributed by atoms with Crippen molar-refractivity contribution in [3.8, 4) is 0 Å². The minimum Gasteiger partial charge on any atom is -0.341 e. The third kappa shape index (κ3) is 3.15. The average Bonchev–Trinajstić information content (AvgIpc) is 2.43. The highest BCUT2D eigenvalue weighted by Crippen LogP contribution is 2.22. The van der Waals surface area contributed by atoms with Crippen molar-refractivity contribution >= 4 is 5.91 Å². The van der Waals surface area contributed by atoms with E-state index < -0.39 is 11.6 Å². The van der Waals surface area contributed by atoms with Gasteiger partial charge in [-0.3, -0.25) is 4.79 Å². The molecule has 2 N–H and O–H groups in total. The largest absolute Gasteiger partial charge is 0.341 e. The van der Waals surface area contributed by atoms with Crippen LogP contribution in [0.1, 0.15) is 31.2 Å². The van der Waals surface area contributed by atoms with Crippen LogP contribution in [0.5, 0.6) is 0 Å². The van der Waals surface area contributed by atoms with Crippen LogP contribution in [0.3, 0.4) is 0 Å². The van der Waals surface area contributed by atoms with Crippen molar-refractivity contribution in [3.63, 3.8) is 0 Å². The fourth-order valence-electron chi connectivity index (χ4n) is 2.78. The van der Waals surface area contributed by atoms with E-state index in [1.807, 2.05) is 0 Å². The van der Waals surface area contributed by atoms with E-state index in [9.17, 15) is 13.6 Å². The zero-order valence-corrected chi connectivity index (χ0v) is 11.6. The Morgan fingerprint density at radius 1 is 1.35 bits per heavy atom. The van der Waals surface area contributed by atoms with Crippen molar-refractivity contribution in [3.05, 3.63) is 35.4 Å². The van der Waals surface area contributed by atoms with Gasteiger partial charge in [-0.1, -0.05) is 25.0 Å². The number of halogens is 2. The molecule has 3 nitrogen and oxygen atoms in total. The summed E-state index contributed by atoms with van der Waals surface area (Å²) in [4.78, 5) is 13.8. The molecule has 0 radical (unpaired) electrons. The van der Waals surface area contributed by atoms with Crippen LogP contribution in [-0.4, -0.2) is 29.9 Å². The molecular weight excluding hydrogens is 262 g/mol. The molecule has 1 aliphatic rings. The number of hydrogen-bond acceptors (Lipinski definition) is 2. The lowest BCUT2D eigenvalue weighted by Crippen LogP contribution is -2.50. The second-order valence-corrected chi connectivity index (χ2v) is 5.41. The smallest absolute Gasteiger partial charge is 0.227 e. The molecule has 2 unspecified atom stereocenters. The van der Waals surface area contributed by atoms with Crippen molar-refractivity contribution in [2.24, 2.45) is 5.73 Å². The van der Waals surface area contributed by atoms with Crippen LogP contribution >= 0.6 is 0 Å². The Kier molecular flexibility index (Phi) is 4.70. The highest BCUT2D eigenvalue weighted by atomic mass is 19.2. The molecule has 2 rings (SSSR count). The number of benzene rings is 1. The van der Waals surface area contributed by atoms with Gasteiger partial charge in [0.1, 0.15) is 0 Å². The van der Waals surface area contributed by atoms with Crippen LogP contribution in [0, 0.1) is 11.6 Å². The van der Waals surface area contributed by atoms with Crippen molar-refractivity contribution < 1.29 is 13.6 Å². The van der Waals surface area contributed by atoms with E-state index in [0.29, 0.717) is 0 Å². The first-order valence-corrected chi connectivity index (χ1v) is 6.95. The second-order valence-electron chi connectivity index (χ2n) is 5.41. The van der Waals surface area contributed by atoms with Gasteiger partial charge >= 0.3 is 0 Å². The summed E-state index contributed by atoms with van der Waals surface area (Å²) in [6, 6.07) is 3.85. The van der Waals surface area contributed by atoms with Gasteiger partial charge in [-0.2, -0.15) is 0 Å². The van der Waals surface area contributed by atoms with Gasteiger partial charge in [0.15, 0.2) is 11.6 Å². The quantitative estimate of drug-likeness (QED) is 0.924. The third-order valence-corrected chi connectivity index (χ3v) is 4.05. The average molecular weight is 282 g/mol. The summed E-state index contributed by atoms with van der Waals surface area (Å²) < 4.78 is 26.7. The zero-order valence-electron chi connectivity index (χ0n) is 11.6. The number of rotatable bonds is 3. The Morgan fingerprint density at radius 2 is 2.05 bits per heavy atom. The minimum absolute atomic E-state index is 0.00660. The van der Waals surface area contributed by atoms with Gasteiger partial charge in [-0.25, -0.2) is 8.78 Å². The van der Waals surface area contributed by atoms with Crippen LogP contribution in [0.4, 0.5) is 8.78 Å². The minimum atomic E-state index is -0.942. The maximum absolute atomic E-state index is 13.6. The standard InChI is InChI=1S/C15H20F2N2O/c1-19(13-8-3-2-7-12(13)18)14(20)9-10-5-4-6-11(16)15(10)17/h4-6,12-13H,2-3,7-9,18H2,1H3. The number of amides is 1. The van der Waals surface area contributed by atoms with Crippen LogP contribution in [-0.2, 0) is 11.2 Å². The monoisotopic (exact) mass is 282 g/mol. The molecule has 110 valence electrons. The van der Waals surface area contributed by atoms with Crippen molar-refractivity contribution in [2.45, 2.75) is 44.2 Å². The van der Waals surface area contributed by atoms with Crippen molar-refractivity contribution in [1.29, 1.82) is 0 Å². The van der Waals surface area contributed by atoms with Gasteiger partial charge in [0.25, 0.3) is 0 Å². The molecule has 20 heavy (non-hydrogen) atoms. The normalized spacial score (nSPS) is 22.6. The van der Waals surface area contributed by atoms with E-state index in [-0.39, 0.29) is 30.0 Å². The maximum atomic E-state index is 13.6. The van der Waals surface area contributed by atoms with E-state index >= 15 is 0 Å². The molecule has 0 spiro atoms. The van der Waals surface area contributed by atoms with Crippen LogP contribution in [0.25, 0.3) is 0 Å². The molecule has 0 saturated heterocycles. The van der Waals surface area contributed by atoms with E-state index in [4.69, 9.17) is 5.73 Å². The molecule has 1 aromatic carbocycles. The van der Waals surface area contributed by atoms with E-state index in [0.717, 1.165) is 31.7 Å². The zero-order chi connectivity index (χ0) is 14.7. The van der Waals surface area contributed by atoms with Crippen LogP contribution in [0.2, 0.25) is 0 Å². The summed E-state index contributed by atoms with van der Waals surface area (Å²) >= 11 is 0. The predicted octanol–water partition coefficient (Wildman–Crippen LogP) is 2.24.